The number of furan rings is 1. The highest BCUT2D eigenvalue weighted by atomic mass is 35.5. The Morgan fingerprint density at radius 2 is 1.89 bits per heavy atom. The highest BCUT2D eigenvalue weighted by molar-refractivity contribution is 7.89. The molecular weight excluding hydrogens is 522 g/mol. The van der Waals surface area contributed by atoms with Gasteiger partial charge in [-0.15, -0.1) is 5.92 Å². The van der Waals surface area contributed by atoms with Crippen LogP contribution in [0, 0.1) is 11.8 Å². The van der Waals surface area contributed by atoms with Gasteiger partial charge in [0.25, 0.3) is 11.8 Å². The van der Waals surface area contributed by atoms with Gasteiger partial charge in [-0.3, -0.25) is 14.8 Å². The number of hydroxylamine groups is 1. The summed E-state index contributed by atoms with van der Waals surface area (Å²) in [7, 11) is -4.29. The molecule has 2 aromatic carbocycles. The highest BCUT2D eigenvalue weighted by Crippen LogP contribution is 2.33. The molecule has 3 aromatic rings. The summed E-state index contributed by atoms with van der Waals surface area (Å²) in [5.74, 6) is 4.13. The molecule has 2 N–H and O–H groups in total. The number of amides is 2. The average molecular weight is 544 g/mol. The summed E-state index contributed by atoms with van der Waals surface area (Å²) in [6, 6.07) is 13.6. The average Bonchev–Trinajstić information content (AvgIpc) is 3.26. The highest BCUT2D eigenvalue weighted by Gasteiger charge is 2.42. The summed E-state index contributed by atoms with van der Waals surface area (Å²) in [6.07, 6.45) is 0. The first kappa shape index (κ1) is 26.2. The van der Waals surface area contributed by atoms with Crippen LogP contribution in [-0.2, 0) is 21.4 Å². The Bertz CT molecular complexity index is 1480. The molecule has 10 nitrogen and oxygen atoms in total. The second-order valence-electron chi connectivity index (χ2n) is 7.88. The van der Waals surface area contributed by atoms with E-state index in [0.717, 1.165) is 4.31 Å². The van der Waals surface area contributed by atoms with Gasteiger partial charge in [-0.2, -0.15) is 4.31 Å². The van der Waals surface area contributed by atoms with Crippen molar-refractivity contribution in [1.82, 2.24) is 9.79 Å². The molecule has 1 unspecified atom stereocenters. The maximum absolute atomic E-state index is 13.8. The van der Waals surface area contributed by atoms with Crippen molar-refractivity contribution in [1.29, 1.82) is 0 Å². The van der Waals surface area contributed by atoms with Gasteiger partial charge in [-0.05, 0) is 66.6 Å². The zero-order chi connectivity index (χ0) is 26.6. The Kier molecular flexibility index (Phi) is 7.85. The molecule has 1 aromatic heterocycles. The number of nitrogens with one attached hydrogen (secondary N) is 1. The number of anilines is 1. The molecule has 0 radical (unpaired) electrons. The number of rotatable bonds is 6. The number of ether oxygens (including phenoxy) is 1. The van der Waals surface area contributed by atoms with Crippen molar-refractivity contribution in [2.75, 3.05) is 18.1 Å². The van der Waals surface area contributed by atoms with E-state index in [1.165, 1.54) is 46.8 Å². The fourth-order valence-corrected chi connectivity index (χ4v) is 5.58. The second-order valence-corrected chi connectivity index (χ2v) is 10.1. The lowest BCUT2D eigenvalue weighted by Crippen LogP contribution is -2.53. The Morgan fingerprint density at radius 3 is 2.54 bits per heavy atom. The van der Waals surface area contributed by atoms with E-state index >= 15 is 0 Å². The van der Waals surface area contributed by atoms with Gasteiger partial charge in [0.1, 0.15) is 18.4 Å². The van der Waals surface area contributed by atoms with Gasteiger partial charge in [0.05, 0.1) is 11.4 Å². The van der Waals surface area contributed by atoms with Crippen molar-refractivity contribution in [2.24, 2.45) is 0 Å². The largest absolute Gasteiger partial charge is 0.481 e. The van der Waals surface area contributed by atoms with Crippen LogP contribution in [0.4, 0.5) is 5.69 Å². The van der Waals surface area contributed by atoms with Gasteiger partial charge in [-0.1, -0.05) is 24.1 Å². The SMILES string of the molecule is CC#CCOc1ccc(S(=O)(=O)N2Cc3ccccc3N(C(=O)c3ccc(Cl)o3)CC2C(=O)NO)cc1. The minimum Gasteiger partial charge on any atom is -0.481 e. The molecule has 192 valence electrons. The van der Waals surface area contributed by atoms with Gasteiger partial charge in [0.15, 0.2) is 11.0 Å². The first-order chi connectivity index (χ1) is 17.8. The van der Waals surface area contributed by atoms with Crippen LogP contribution in [0.15, 0.2) is 70.0 Å². The minimum absolute atomic E-state index is 0.00511. The van der Waals surface area contributed by atoms with E-state index in [1.807, 2.05) is 0 Å². The summed E-state index contributed by atoms with van der Waals surface area (Å²) in [5, 5.41) is 9.44. The number of sulfonamides is 1. The third kappa shape index (κ3) is 5.47. The third-order valence-corrected chi connectivity index (χ3v) is 7.74. The van der Waals surface area contributed by atoms with E-state index in [0.29, 0.717) is 17.0 Å². The van der Waals surface area contributed by atoms with E-state index in [4.69, 9.17) is 20.8 Å². The molecule has 0 bridgehead atoms. The molecule has 1 atom stereocenters. The van der Waals surface area contributed by atoms with Crippen molar-refractivity contribution in [3.05, 3.63) is 77.2 Å². The Labute approximate surface area is 218 Å². The molecule has 2 amide bonds. The molecule has 1 aliphatic rings. The van der Waals surface area contributed by atoms with Crippen LogP contribution >= 0.6 is 11.6 Å². The quantitative estimate of drug-likeness (QED) is 0.278. The molecule has 0 saturated heterocycles. The van der Waals surface area contributed by atoms with E-state index in [-0.39, 0.29) is 29.0 Å². The molecule has 0 saturated carbocycles. The fraction of sp³-hybridized carbons (Fsp3) is 0.200. The summed E-state index contributed by atoms with van der Waals surface area (Å²) in [6.45, 7) is 1.17. The molecule has 2 heterocycles. The maximum atomic E-state index is 13.8. The summed E-state index contributed by atoms with van der Waals surface area (Å²) >= 11 is 5.84. The topological polar surface area (TPSA) is 129 Å². The van der Waals surface area contributed by atoms with Crippen LogP contribution in [0.25, 0.3) is 0 Å². The van der Waals surface area contributed by atoms with Crippen LogP contribution in [-0.4, -0.2) is 48.9 Å². The predicted octanol–water partition coefficient (Wildman–Crippen LogP) is 3.06. The van der Waals surface area contributed by atoms with Crippen molar-refractivity contribution in [3.63, 3.8) is 0 Å². The van der Waals surface area contributed by atoms with E-state index in [1.54, 1.807) is 31.2 Å². The number of carbonyl (C=O) groups is 2. The smallest absolute Gasteiger partial charge is 0.294 e. The normalized spacial score (nSPS) is 15.6. The molecule has 0 fully saturated rings. The number of carbonyl (C=O) groups excluding carboxylic acids is 2. The van der Waals surface area contributed by atoms with Crippen LogP contribution in [0.2, 0.25) is 5.22 Å². The van der Waals surface area contributed by atoms with Crippen molar-refractivity contribution < 1.29 is 32.4 Å². The number of benzene rings is 2. The Balaban J connectivity index is 1.75. The lowest BCUT2D eigenvalue weighted by atomic mass is 10.1. The molecule has 0 spiro atoms. The van der Waals surface area contributed by atoms with Crippen molar-refractivity contribution >= 4 is 39.1 Å². The molecule has 0 aliphatic carbocycles. The lowest BCUT2D eigenvalue weighted by molar-refractivity contribution is -0.133. The maximum Gasteiger partial charge on any atom is 0.294 e. The molecule has 4 rings (SSSR count). The molecule has 1 aliphatic heterocycles. The van der Waals surface area contributed by atoms with E-state index < -0.39 is 34.4 Å². The number of hydrogen-bond donors (Lipinski definition) is 2. The standard InChI is InChI=1S/C25H22ClN3O7S/c1-2-3-14-35-18-8-10-19(11-9-18)37(33,34)29-15-17-6-4-5-7-20(17)28(16-21(29)24(30)27-32)25(31)22-12-13-23(26)36-22/h4-13,21,32H,14-16H2,1H3,(H,27,30). The number of fused-ring (bicyclic) bond motifs is 1. The van der Waals surface area contributed by atoms with Gasteiger partial charge < -0.3 is 14.1 Å². The molecular formula is C25H22ClN3O7S. The number of nitrogens with zero attached hydrogens (tertiary/aromatic N) is 2. The lowest BCUT2D eigenvalue weighted by Gasteiger charge is -2.29. The van der Waals surface area contributed by atoms with Gasteiger partial charge >= 0.3 is 0 Å². The summed E-state index contributed by atoms with van der Waals surface area (Å²) < 4.78 is 39.2. The fourth-order valence-electron chi connectivity index (χ4n) is 3.88. The number of hydrogen-bond acceptors (Lipinski definition) is 7. The first-order valence-electron chi connectivity index (χ1n) is 11.0. The molecule has 12 heteroatoms. The second kappa shape index (κ2) is 11.1. The van der Waals surface area contributed by atoms with Crippen LogP contribution in [0.3, 0.4) is 0 Å². The molecule has 37 heavy (non-hydrogen) atoms. The number of para-hydroxylation sites is 1. The van der Waals surface area contributed by atoms with Crippen LogP contribution in [0.5, 0.6) is 5.75 Å². The predicted molar refractivity (Wildman–Crippen MR) is 134 cm³/mol. The summed E-state index contributed by atoms with van der Waals surface area (Å²) in [4.78, 5) is 27.3. The van der Waals surface area contributed by atoms with E-state index in [9.17, 15) is 23.2 Å². The zero-order valence-corrected chi connectivity index (χ0v) is 21.1. The number of halogens is 1. The van der Waals surface area contributed by atoms with Crippen LogP contribution in [0.1, 0.15) is 23.0 Å². The Morgan fingerprint density at radius 1 is 1.16 bits per heavy atom. The minimum atomic E-state index is -4.29. The van der Waals surface area contributed by atoms with Gasteiger partial charge in [0.2, 0.25) is 10.0 Å². The third-order valence-electron chi connectivity index (χ3n) is 5.67. The monoisotopic (exact) mass is 543 g/mol. The van der Waals surface area contributed by atoms with E-state index in [2.05, 4.69) is 11.8 Å². The Hall–Kier alpha value is -3.82. The van der Waals surface area contributed by atoms with Crippen molar-refractivity contribution in [3.8, 4) is 17.6 Å². The van der Waals surface area contributed by atoms with Gasteiger partial charge in [-0.25, -0.2) is 13.9 Å². The van der Waals surface area contributed by atoms with Gasteiger partial charge in [0, 0.05) is 12.2 Å². The van der Waals surface area contributed by atoms with Crippen LogP contribution < -0.4 is 15.1 Å². The first-order valence-corrected chi connectivity index (χ1v) is 12.8. The summed E-state index contributed by atoms with van der Waals surface area (Å²) in [5.41, 5.74) is 2.37. The zero-order valence-electron chi connectivity index (χ0n) is 19.5. The van der Waals surface area contributed by atoms with Crippen molar-refractivity contribution in [2.45, 2.75) is 24.4 Å².